The summed E-state index contributed by atoms with van der Waals surface area (Å²) in [6, 6.07) is 21.1. The number of hydrogen-bond donors (Lipinski definition) is 7. The lowest BCUT2D eigenvalue weighted by Gasteiger charge is -2.37. The van der Waals surface area contributed by atoms with Crippen LogP contribution < -0.4 is 10.6 Å². The van der Waals surface area contributed by atoms with Crippen LogP contribution in [-0.2, 0) is 14.3 Å². The van der Waals surface area contributed by atoms with Crippen molar-refractivity contribution in [3.8, 4) is 11.1 Å². The van der Waals surface area contributed by atoms with E-state index in [4.69, 9.17) is 21.1 Å². The summed E-state index contributed by atoms with van der Waals surface area (Å²) < 4.78 is 10.2. The van der Waals surface area contributed by atoms with Gasteiger partial charge in [-0.2, -0.15) is 0 Å². The van der Waals surface area contributed by atoms with Gasteiger partial charge in [-0.25, -0.2) is 9.59 Å². The van der Waals surface area contributed by atoms with Crippen molar-refractivity contribution in [3.05, 3.63) is 88.9 Å². The molecule has 3 aromatic carbocycles. The fourth-order valence-electron chi connectivity index (χ4n) is 4.32. The first-order valence-electron chi connectivity index (χ1n) is 12.9. The number of hydrogen-bond acceptors (Lipinski definition) is 10. The summed E-state index contributed by atoms with van der Waals surface area (Å²) in [4.78, 5) is 24.1. The van der Waals surface area contributed by atoms with Crippen molar-refractivity contribution in [2.75, 3.05) is 25.0 Å². The van der Waals surface area contributed by atoms with Gasteiger partial charge in [-0.15, -0.1) is 0 Å². The van der Waals surface area contributed by atoms with E-state index in [9.17, 15) is 35.1 Å². The van der Waals surface area contributed by atoms with Crippen molar-refractivity contribution in [2.45, 2.75) is 36.8 Å². The molecule has 4 rings (SSSR count). The highest BCUT2D eigenvalue weighted by Crippen LogP contribution is 2.26. The number of ether oxygens (including phenoxy) is 2. The number of carboxylic acid groups (broad SMARTS) is 1. The van der Waals surface area contributed by atoms with Gasteiger partial charge in [0.25, 0.3) is 0 Å². The number of aliphatic carboxylic acids is 1. The summed E-state index contributed by atoms with van der Waals surface area (Å²) in [5.74, 6) is -2.49. The fourth-order valence-corrected chi connectivity index (χ4v) is 4.52. The summed E-state index contributed by atoms with van der Waals surface area (Å²) in [7, 11) is 0. The Hall–Kier alpha value is -3.55. The maximum absolute atomic E-state index is 12.8. The zero-order valence-corrected chi connectivity index (χ0v) is 22.5. The van der Waals surface area contributed by atoms with Crippen LogP contribution in [0.4, 0.5) is 5.69 Å². The Morgan fingerprint density at radius 3 is 2.34 bits per heavy atom. The van der Waals surface area contributed by atoms with Crippen molar-refractivity contribution in [1.82, 2.24) is 5.32 Å². The van der Waals surface area contributed by atoms with E-state index in [0.29, 0.717) is 30.2 Å². The second kappa shape index (κ2) is 13.9. The first-order valence-corrected chi connectivity index (χ1v) is 13.2. The number of benzene rings is 3. The van der Waals surface area contributed by atoms with Gasteiger partial charge in [-0.1, -0.05) is 48.0 Å². The van der Waals surface area contributed by atoms with Crippen molar-refractivity contribution >= 4 is 29.2 Å². The third kappa shape index (κ3) is 7.80. The van der Waals surface area contributed by atoms with Gasteiger partial charge in [0.15, 0.2) is 6.10 Å². The maximum Gasteiger partial charge on any atom is 0.340 e. The molecule has 0 saturated carbocycles. The van der Waals surface area contributed by atoms with Gasteiger partial charge in [0.05, 0.1) is 11.7 Å². The van der Waals surface area contributed by atoms with Gasteiger partial charge < -0.3 is 45.6 Å². The molecule has 0 spiro atoms. The first-order chi connectivity index (χ1) is 19.6. The van der Waals surface area contributed by atoms with E-state index in [1.165, 1.54) is 6.07 Å². The molecule has 3 aromatic rings. The lowest BCUT2D eigenvalue weighted by atomic mass is 9.99. The van der Waals surface area contributed by atoms with E-state index in [1.54, 1.807) is 36.4 Å². The highest BCUT2D eigenvalue weighted by Gasteiger charge is 2.48. The van der Waals surface area contributed by atoms with E-state index in [-0.39, 0.29) is 5.56 Å². The normalized spacial score (nSPS) is 23.0. The molecule has 0 bridgehead atoms. The minimum atomic E-state index is -1.89. The van der Waals surface area contributed by atoms with Crippen LogP contribution in [0.15, 0.2) is 72.8 Å². The smallest absolute Gasteiger partial charge is 0.340 e. The minimum Gasteiger partial charge on any atom is -0.479 e. The highest BCUT2D eigenvalue weighted by molar-refractivity contribution is 6.30. The molecule has 1 aliphatic heterocycles. The summed E-state index contributed by atoms with van der Waals surface area (Å²) in [6.07, 6.45) is -9.97. The molecule has 1 heterocycles. The Bertz CT molecular complexity index is 1360. The molecule has 1 fully saturated rings. The molecule has 1 unspecified atom stereocenters. The van der Waals surface area contributed by atoms with Crippen LogP contribution in [0, 0.1) is 0 Å². The van der Waals surface area contributed by atoms with Crippen molar-refractivity contribution in [1.29, 1.82) is 0 Å². The zero-order valence-electron chi connectivity index (χ0n) is 21.8. The SMILES string of the molecule is O=C(O[C@@H]1OC(C(=O)O)[C@@H](O)[C@H](O)[C@H]1O)c1cccc(-c2cccc(NCCNC[C@H](O)c3cccc(Cl)c3)c2)c1. The van der Waals surface area contributed by atoms with Crippen molar-refractivity contribution in [3.63, 3.8) is 0 Å². The number of halogens is 1. The van der Waals surface area contributed by atoms with Crippen LogP contribution in [0.3, 0.4) is 0 Å². The van der Waals surface area contributed by atoms with Crippen molar-refractivity contribution in [2.24, 2.45) is 0 Å². The van der Waals surface area contributed by atoms with Crippen molar-refractivity contribution < 1.29 is 44.6 Å². The number of rotatable bonds is 11. The van der Waals surface area contributed by atoms with E-state index in [1.807, 2.05) is 30.3 Å². The predicted molar refractivity (Wildman–Crippen MR) is 149 cm³/mol. The zero-order chi connectivity index (χ0) is 29.5. The lowest BCUT2D eigenvalue weighted by Crippen LogP contribution is -2.60. The monoisotopic (exact) mass is 586 g/mol. The quantitative estimate of drug-likeness (QED) is 0.129. The van der Waals surface area contributed by atoms with Gasteiger partial charge in [-0.3, -0.25) is 0 Å². The van der Waals surface area contributed by atoms with Gasteiger partial charge in [0.2, 0.25) is 6.29 Å². The number of anilines is 1. The molecular formula is C29H31ClN2O9. The molecule has 218 valence electrons. The van der Waals surface area contributed by atoms with Crippen LogP contribution in [0.25, 0.3) is 11.1 Å². The predicted octanol–water partition coefficient (Wildman–Crippen LogP) is 1.79. The third-order valence-electron chi connectivity index (χ3n) is 6.53. The number of aliphatic hydroxyl groups excluding tert-OH is 4. The summed E-state index contributed by atoms with van der Waals surface area (Å²) in [5, 5.41) is 56.4. The van der Waals surface area contributed by atoms with E-state index in [0.717, 1.165) is 16.8 Å². The molecule has 12 heteroatoms. The topological polar surface area (TPSA) is 178 Å². The molecular weight excluding hydrogens is 556 g/mol. The van der Waals surface area contributed by atoms with Crippen LogP contribution in [0.2, 0.25) is 5.02 Å². The standard InChI is InChI=1S/C29H31ClN2O9/c30-20-8-2-6-18(13-20)22(33)15-31-10-11-32-21-9-3-5-17(14-21)16-4-1-7-19(12-16)28(39)41-29-25(36)23(34)24(35)26(40-29)27(37)38/h1-9,12-14,22-26,29,31-36H,10-11,15H2,(H,37,38)/t22-,23-,24-,25+,26?,29-/m0/s1. The van der Waals surface area contributed by atoms with Gasteiger partial charge in [0.1, 0.15) is 18.3 Å². The Labute approximate surface area is 240 Å². The summed E-state index contributed by atoms with van der Waals surface area (Å²) in [5.41, 5.74) is 3.16. The molecule has 1 aliphatic rings. The molecule has 0 aliphatic carbocycles. The number of nitrogens with one attached hydrogen (secondary N) is 2. The molecule has 1 saturated heterocycles. The highest BCUT2D eigenvalue weighted by atomic mass is 35.5. The number of aliphatic hydroxyl groups is 4. The molecule has 0 aromatic heterocycles. The number of carboxylic acids is 1. The van der Waals surface area contributed by atoms with Crippen LogP contribution in [0.5, 0.6) is 0 Å². The lowest BCUT2D eigenvalue weighted by molar-refractivity contribution is -0.278. The van der Waals surface area contributed by atoms with Gasteiger partial charge >= 0.3 is 11.9 Å². The number of carbonyl (C=O) groups is 2. The second-order valence-electron chi connectivity index (χ2n) is 9.50. The molecule has 11 nitrogen and oxygen atoms in total. The third-order valence-corrected chi connectivity index (χ3v) is 6.77. The molecule has 0 amide bonds. The second-order valence-corrected chi connectivity index (χ2v) is 9.94. The fraction of sp³-hybridized carbons (Fsp3) is 0.310. The largest absolute Gasteiger partial charge is 0.479 e. The van der Waals surface area contributed by atoms with E-state index < -0.39 is 48.7 Å². The summed E-state index contributed by atoms with van der Waals surface area (Å²) in [6.45, 7) is 1.54. The van der Waals surface area contributed by atoms with Gasteiger partial charge in [-0.05, 0) is 53.1 Å². The van der Waals surface area contributed by atoms with Crippen LogP contribution in [0.1, 0.15) is 22.0 Å². The van der Waals surface area contributed by atoms with E-state index >= 15 is 0 Å². The molecule has 41 heavy (non-hydrogen) atoms. The Morgan fingerprint density at radius 1 is 0.902 bits per heavy atom. The number of carbonyl (C=O) groups excluding carboxylic acids is 1. The molecule has 6 atom stereocenters. The number of esters is 1. The van der Waals surface area contributed by atoms with Crippen LogP contribution in [-0.4, -0.2) is 87.8 Å². The molecule has 0 radical (unpaired) electrons. The Morgan fingerprint density at radius 2 is 1.61 bits per heavy atom. The Kier molecular flexibility index (Phi) is 10.3. The summed E-state index contributed by atoms with van der Waals surface area (Å²) >= 11 is 5.98. The Balaban J connectivity index is 1.32. The average molecular weight is 587 g/mol. The van der Waals surface area contributed by atoms with E-state index in [2.05, 4.69) is 10.6 Å². The minimum absolute atomic E-state index is 0.103. The molecule has 7 N–H and O–H groups in total. The van der Waals surface area contributed by atoms with Gasteiger partial charge in [0, 0.05) is 30.3 Å². The average Bonchev–Trinajstić information content (AvgIpc) is 2.97. The first kappa shape index (κ1) is 30.4. The maximum atomic E-state index is 12.8. The van der Waals surface area contributed by atoms with Crippen LogP contribution >= 0.6 is 11.6 Å².